The van der Waals surface area contributed by atoms with Gasteiger partial charge in [-0.2, -0.15) is 12.2 Å². The zero-order chi connectivity index (χ0) is 23.8. The first-order valence-corrected chi connectivity index (χ1v) is 12.3. The monoisotopic (exact) mass is 467 g/mol. The number of carboxylic acids is 1. The van der Waals surface area contributed by atoms with E-state index in [4.69, 9.17) is 5.11 Å². The predicted octanol–water partition coefficient (Wildman–Crippen LogP) is 5.19. The van der Waals surface area contributed by atoms with Gasteiger partial charge in [-0.25, -0.2) is 0 Å². The van der Waals surface area contributed by atoms with Gasteiger partial charge < -0.3 is 20.6 Å². The number of carbonyl (C=O) groups is 2. The van der Waals surface area contributed by atoms with E-state index in [9.17, 15) is 19.8 Å². The van der Waals surface area contributed by atoms with Crippen molar-refractivity contribution in [1.82, 2.24) is 5.32 Å². The smallest absolute Gasteiger partial charge is 0.303 e. The maximum Gasteiger partial charge on any atom is 0.303 e. The molecule has 0 aromatic heterocycles. The molecule has 0 aliphatic carbocycles. The average molecular weight is 468 g/mol. The summed E-state index contributed by atoms with van der Waals surface area (Å²) in [6.45, 7) is 5.99. The lowest BCUT2D eigenvalue weighted by Crippen LogP contribution is -2.36. The van der Waals surface area contributed by atoms with Crippen molar-refractivity contribution in [1.29, 1.82) is 0 Å². The summed E-state index contributed by atoms with van der Waals surface area (Å²) in [5.74, 6) is -1.37. The highest BCUT2D eigenvalue weighted by Gasteiger charge is 2.17. The summed E-state index contributed by atoms with van der Waals surface area (Å²) in [6.07, 6.45) is 1.70. The van der Waals surface area contributed by atoms with E-state index in [-0.39, 0.29) is 36.3 Å². The molecule has 0 saturated heterocycles. The first-order chi connectivity index (χ1) is 14.9. The van der Waals surface area contributed by atoms with Crippen LogP contribution in [0.3, 0.4) is 0 Å². The fourth-order valence-electron chi connectivity index (χ4n) is 3.07. The van der Waals surface area contributed by atoms with Crippen LogP contribution in [-0.4, -0.2) is 33.2 Å². The number of carboxylic acid groups (broad SMARTS) is 1. The lowest BCUT2D eigenvalue weighted by Gasteiger charge is -2.19. The van der Waals surface area contributed by atoms with Gasteiger partial charge in [0.05, 0.1) is 12.0 Å². The van der Waals surface area contributed by atoms with Crippen molar-refractivity contribution in [3.63, 3.8) is 0 Å². The fourth-order valence-corrected chi connectivity index (χ4v) is 3.07. The van der Waals surface area contributed by atoms with Crippen LogP contribution in [-0.2, 0) is 16.0 Å². The Hall–Kier alpha value is -2.24. The molecule has 2 rings (SSSR count). The number of phenolic OH excluding ortho intramolecular Hbond substituents is 2. The second-order valence-electron chi connectivity index (χ2n) is 6.53. The number of phenols is 2. The number of nitrogens with one attached hydrogen (secondary N) is 1. The van der Waals surface area contributed by atoms with E-state index >= 15 is 0 Å². The van der Waals surface area contributed by atoms with Crippen LogP contribution in [0.4, 0.5) is 0 Å². The summed E-state index contributed by atoms with van der Waals surface area (Å²) in [4.78, 5) is 22.5. The molecule has 6 nitrogen and oxygen atoms in total. The molecular weight excluding hydrogens is 433 g/mol. The third kappa shape index (κ3) is 10.6. The van der Waals surface area contributed by atoms with Crippen molar-refractivity contribution >= 4 is 32.6 Å². The summed E-state index contributed by atoms with van der Waals surface area (Å²) in [6, 6.07) is 12.1. The van der Waals surface area contributed by atoms with Crippen molar-refractivity contribution in [2.75, 3.05) is 0 Å². The number of rotatable bonds is 9. The van der Waals surface area contributed by atoms with Gasteiger partial charge in [0.2, 0.25) is 5.91 Å². The minimum Gasteiger partial charge on any atom is -0.507 e. The van der Waals surface area contributed by atoms with E-state index in [1.165, 1.54) is 0 Å². The van der Waals surface area contributed by atoms with Gasteiger partial charge in [-0.3, -0.25) is 9.59 Å². The minimum absolute atomic E-state index is 0.0244. The number of carbonyl (C=O) groups excluding carboxylic acids is 1. The highest BCUT2D eigenvalue weighted by Crippen LogP contribution is 2.38. The predicted molar refractivity (Wildman–Crippen MR) is 133 cm³/mol. The van der Waals surface area contributed by atoms with Crippen LogP contribution in [0.5, 0.6) is 11.5 Å². The van der Waals surface area contributed by atoms with Gasteiger partial charge in [0.25, 0.3) is 0 Å². The highest BCUT2D eigenvalue weighted by atomic mass is 32.7. The van der Waals surface area contributed by atoms with Gasteiger partial charge in [0.15, 0.2) is 0 Å². The largest absolute Gasteiger partial charge is 0.507 e. The van der Waals surface area contributed by atoms with Gasteiger partial charge in [-0.1, -0.05) is 66.0 Å². The average Bonchev–Trinajstić information content (AvgIpc) is 2.75. The standard InChI is InChI=1S/C21H25NO5.C2H6.H3PS/c1-2-6-16(22-19(25)9-10-20(26)27)11-14-12-17(23)21(18(24)13-14)15-7-4-3-5-8-15;2*1-2/h3-5,7-8,12-13,16,23-24H,2,6,9-11H2,1H3,(H,22,25)(H,26,27);1-2H3;2H,1H2/t16-;;/m1../s1. The van der Waals surface area contributed by atoms with Crippen LogP contribution < -0.4 is 5.32 Å². The molecule has 1 amide bonds. The maximum absolute atomic E-state index is 11.9. The number of amides is 1. The molecule has 0 fully saturated rings. The molecule has 0 spiro atoms. The number of hydrogen-bond donors (Lipinski definition) is 5. The minimum atomic E-state index is -1.01. The topological polar surface area (TPSA) is 107 Å². The van der Waals surface area contributed by atoms with E-state index in [1.807, 2.05) is 39.0 Å². The van der Waals surface area contributed by atoms with Gasteiger partial charge >= 0.3 is 5.97 Å². The number of aliphatic carboxylic acids is 1. The zero-order valence-corrected chi connectivity index (χ0v) is 20.4. The van der Waals surface area contributed by atoms with Crippen LogP contribution in [0.25, 0.3) is 11.1 Å². The molecule has 0 aliphatic heterocycles. The summed E-state index contributed by atoms with van der Waals surface area (Å²) in [5, 5.41) is 32.3. The van der Waals surface area contributed by atoms with E-state index < -0.39 is 5.97 Å². The van der Waals surface area contributed by atoms with E-state index in [0.29, 0.717) is 29.5 Å². The lowest BCUT2D eigenvalue weighted by atomic mass is 9.97. The molecule has 0 saturated carbocycles. The number of thiol groups is 1. The number of hydrogen-bond acceptors (Lipinski definition) is 5. The first-order valence-electron chi connectivity index (χ1n) is 10.3. The molecular formula is C23H34NO5PS. The summed E-state index contributed by atoms with van der Waals surface area (Å²) < 4.78 is 0. The number of benzene rings is 2. The third-order valence-corrected chi connectivity index (χ3v) is 4.27. The Morgan fingerprint density at radius 2 is 1.58 bits per heavy atom. The molecule has 2 atom stereocenters. The molecule has 0 aliphatic rings. The van der Waals surface area contributed by atoms with Crippen molar-refractivity contribution in [2.24, 2.45) is 0 Å². The molecule has 0 heterocycles. The molecule has 2 aromatic carbocycles. The molecule has 8 heteroatoms. The fraction of sp³-hybridized carbons (Fsp3) is 0.391. The summed E-state index contributed by atoms with van der Waals surface area (Å²) in [7, 11) is 2.11. The molecule has 0 bridgehead atoms. The Balaban J connectivity index is 0.00000212. The SMILES string of the molecule is CC.CCC[C@H](Cc1cc(O)c(-c2ccccc2)c(O)c1)NC(=O)CCC(=O)O.PS. The first kappa shape index (κ1) is 28.8. The van der Waals surface area contributed by atoms with Crippen LogP contribution >= 0.6 is 20.7 Å². The highest BCUT2D eigenvalue weighted by molar-refractivity contribution is 8.31. The quantitative estimate of drug-likeness (QED) is 0.258. The molecule has 172 valence electrons. The van der Waals surface area contributed by atoms with E-state index in [1.54, 1.807) is 24.3 Å². The van der Waals surface area contributed by atoms with Gasteiger partial charge in [-0.05, 0) is 36.1 Å². The van der Waals surface area contributed by atoms with Crippen LogP contribution in [0, 0.1) is 0 Å². The number of aromatic hydroxyl groups is 2. The van der Waals surface area contributed by atoms with Gasteiger partial charge in [-0.15, -0.1) is 0 Å². The lowest BCUT2D eigenvalue weighted by molar-refractivity contribution is -0.138. The van der Waals surface area contributed by atoms with Crippen molar-refractivity contribution in [3.8, 4) is 22.6 Å². The summed E-state index contributed by atoms with van der Waals surface area (Å²) >= 11 is 3.44. The Bertz CT molecular complexity index is 779. The van der Waals surface area contributed by atoms with Crippen LogP contribution in [0.1, 0.15) is 52.0 Å². The van der Waals surface area contributed by atoms with Crippen molar-refractivity contribution in [3.05, 3.63) is 48.0 Å². The molecule has 2 aromatic rings. The molecule has 31 heavy (non-hydrogen) atoms. The van der Waals surface area contributed by atoms with Crippen LogP contribution in [0.15, 0.2) is 42.5 Å². The Morgan fingerprint density at radius 1 is 1.03 bits per heavy atom. The molecule has 1 unspecified atom stereocenters. The Kier molecular flexibility index (Phi) is 15.3. The van der Waals surface area contributed by atoms with E-state index in [2.05, 4.69) is 26.0 Å². The molecule has 0 radical (unpaired) electrons. The summed E-state index contributed by atoms with van der Waals surface area (Å²) in [5.41, 5.74) is 1.78. The third-order valence-electron chi connectivity index (χ3n) is 4.27. The van der Waals surface area contributed by atoms with Crippen LogP contribution in [0.2, 0.25) is 0 Å². The van der Waals surface area contributed by atoms with E-state index in [0.717, 1.165) is 6.42 Å². The van der Waals surface area contributed by atoms with Gasteiger partial charge in [0, 0.05) is 12.5 Å². The second kappa shape index (κ2) is 16.5. The van der Waals surface area contributed by atoms with Gasteiger partial charge in [0.1, 0.15) is 11.5 Å². The Labute approximate surface area is 192 Å². The zero-order valence-electron chi connectivity index (χ0n) is 18.3. The van der Waals surface area contributed by atoms with Crippen molar-refractivity contribution in [2.45, 2.75) is 58.9 Å². The maximum atomic E-state index is 11.9. The van der Waals surface area contributed by atoms with Crippen molar-refractivity contribution < 1.29 is 24.9 Å². The second-order valence-corrected chi connectivity index (χ2v) is 6.53. The normalized spacial score (nSPS) is 10.6. The molecule has 4 N–H and O–H groups in total. The Morgan fingerprint density at radius 3 is 2.06 bits per heavy atom.